The molecule has 0 fully saturated rings. The summed E-state index contributed by atoms with van der Waals surface area (Å²) >= 11 is 0. The van der Waals surface area contributed by atoms with Crippen LogP contribution in [0.1, 0.15) is 0 Å². The molecule has 0 atom stereocenters. The van der Waals surface area contributed by atoms with E-state index >= 15 is 0 Å². The van der Waals surface area contributed by atoms with Gasteiger partial charge in [0.1, 0.15) is 11.5 Å². The Bertz CT molecular complexity index is 389. The molecule has 0 aliphatic heterocycles. The number of aromatic amines is 1. The first kappa shape index (κ1) is 7.67. The van der Waals surface area contributed by atoms with Gasteiger partial charge in [-0.25, -0.2) is 0 Å². The molecule has 0 amide bonds. The number of nitrogens with one attached hydrogen (secondary N) is 1. The molecule has 0 aliphatic carbocycles. The van der Waals surface area contributed by atoms with Crippen molar-refractivity contribution in [3.8, 4) is 22.8 Å². The van der Waals surface area contributed by atoms with Crippen molar-refractivity contribution in [2.75, 3.05) is 0 Å². The topological polar surface area (TPSA) is 69.1 Å². The number of benzene rings is 1. The quantitative estimate of drug-likeness (QED) is 0.616. The molecule has 0 radical (unpaired) electrons. The average Bonchev–Trinajstić information content (AvgIpc) is 2.57. The van der Waals surface area contributed by atoms with Gasteiger partial charge in [-0.1, -0.05) is 6.07 Å². The molecular weight excluding hydrogens is 168 g/mol. The highest BCUT2D eigenvalue weighted by molar-refractivity contribution is 5.72. The van der Waals surface area contributed by atoms with E-state index in [9.17, 15) is 10.2 Å². The van der Waals surface area contributed by atoms with Crippen LogP contribution in [0.2, 0.25) is 0 Å². The van der Waals surface area contributed by atoms with E-state index in [1.807, 2.05) is 0 Å². The summed E-state index contributed by atoms with van der Waals surface area (Å²) in [6.45, 7) is 0. The minimum absolute atomic E-state index is 0.0317. The second-order valence-corrected chi connectivity index (χ2v) is 2.64. The molecular formula is C9H8N2O2. The van der Waals surface area contributed by atoms with Gasteiger partial charge in [-0.2, -0.15) is 5.10 Å². The van der Waals surface area contributed by atoms with Crippen molar-refractivity contribution < 1.29 is 10.2 Å². The Morgan fingerprint density at radius 1 is 1.08 bits per heavy atom. The molecule has 4 nitrogen and oxygen atoms in total. The van der Waals surface area contributed by atoms with Crippen LogP contribution in [0.25, 0.3) is 11.3 Å². The molecule has 66 valence electrons. The standard InChI is InChI=1S/C9H8N2O2/c12-7-2-1-3-8(13)9(7)6-4-5-10-11-6/h1-5,12-13H,(H,10,11). The first-order valence-electron chi connectivity index (χ1n) is 3.80. The lowest BCUT2D eigenvalue weighted by atomic mass is 10.1. The van der Waals surface area contributed by atoms with Gasteiger partial charge in [0.2, 0.25) is 0 Å². The fourth-order valence-electron chi connectivity index (χ4n) is 1.20. The average molecular weight is 176 g/mol. The Hall–Kier alpha value is -1.97. The highest BCUT2D eigenvalue weighted by Crippen LogP contribution is 2.35. The van der Waals surface area contributed by atoms with E-state index in [1.165, 1.54) is 12.1 Å². The van der Waals surface area contributed by atoms with Gasteiger partial charge in [0, 0.05) is 6.20 Å². The molecule has 13 heavy (non-hydrogen) atoms. The maximum atomic E-state index is 9.46. The van der Waals surface area contributed by atoms with Gasteiger partial charge in [-0.3, -0.25) is 5.10 Å². The summed E-state index contributed by atoms with van der Waals surface area (Å²) in [5, 5.41) is 25.3. The lowest BCUT2D eigenvalue weighted by Gasteiger charge is -2.03. The van der Waals surface area contributed by atoms with E-state index in [4.69, 9.17) is 0 Å². The number of aromatic nitrogens is 2. The van der Waals surface area contributed by atoms with Crippen LogP contribution in [-0.4, -0.2) is 20.4 Å². The van der Waals surface area contributed by atoms with E-state index in [2.05, 4.69) is 10.2 Å². The SMILES string of the molecule is Oc1cccc(O)c1-c1ccn[nH]1. The summed E-state index contributed by atoms with van der Waals surface area (Å²) in [6.07, 6.45) is 1.56. The summed E-state index contributed by atoms with van der Waals surface area (Å²) in [5.74, 6) is 0.0634. The number of aromatic hydroxyl groups is 2. The van der Waals surface area contributed by atoms with Crippen molar-refractivity contribution in [2.45, 2.75) is 0 Å². The zero-order chi connectivity index (χ0) is 9.26. The molecule has 0 spiro atoms. The molecule has 3 N–H and O–H groups in total. The van der Waals surface area contributed by atoms with Gasteiger partial charge >= 0.3 is 0 Å². The van der Waals surface area contributed by atoms with Crippen LogP contribution in [0.5, 0.6) is 11.5 Å². The Kier molecular flexibility index (Phi) is 1.66. The lowest BCUT2D eigenvalue weighted by molar-refractivity contribution is 0.454. The first-order valence-corrected chi connectivity index (χ1v) is 3.80. The smallest absolute Gasteiger partial charge is 0.128 e. The molecule has 0 aliphatic rings. The van der Waals surface area contributed by atoms with E-state index < -0.39 is 0 Å². The highest BCUT2D eigenvalue weighted by atomic mass is 16.3. The van der Waals surface area contributed by atoms with Gasteiger partial charge in [0.15, 0.2) is 0 Å². The van der Waals surface area contributed by atoms with Crippen LogP contribution in [0, 0.1) is 0 Å². The third-order valence-corrected chi connectivity index (χ3v) is 1.79. The van der Waals surface area contributed by atoms with Gasteiger partial charge in [0.25, 0.3) is 0 Å². The van der Waals surface area contributed by atoms with Crippen LogP contribution in [0.4, 0.5) is 0 Å². The molecule has 1 aromatic heterocycles. The minimum atomic E-state index is 0.0317. The second kappa shape index (κ2) is 2.82. The van der Waals surface area contributed by atoms with Crippen molar-refractivity contribution in [2.24, 2.45) is 0 Å². The van der Waals surface area contributed by atoms with Crippen molar-refractivity contribution in [1.82, 2.24) is 10.2 Å². The predicted octanol–water partition coefficient (Wildman–Crippen LogP) is 1.49. The summed E-state index contributed by atoms with van der Waals surface area (Å²) in [7, 11) is 0. The minimum Gasteiger partial charge on any atom is -0.507 e. The van der Waals surface area contributed by atoms with Gasteiger partial charge < -0.3 is 10.2 Å². The van der Waals surface area contributed by atoms with Crippen LogP contribution in [0.3, 0.4) is 0 Å². The van der Waals surface area contributed by atoms with Crippen LogP contribution in [0.15, 0.2) is 30.5 Å². The predicted molar refractivity (Wildman–Crippen MR) is 47.4 cm³/mol. The van der Waals surface area contributed by atoms with Crippen LogP contribution >= 0.6 is 0 Å². The van der Waals surface area contributed by atoms with E-state index in [0.717, 1.165) is 0 Å². The largest absolute Gasteiger partial charge is 0.507 e. The molecule has 2 aromatic rings. The molecule has 0 saturated heterocycles. The number of hydrogen-bond donors (Lipinski definition) is 3. The first-order chi connectivity index (χ1) is 6.29. The second-order valence-electron chi connectivity index (χ2n) is 2.64. The van der Waals surface area contributed by atoms with Gasteiger partial charge in [-0.05, 0) is 18.2 Å². The molecule has 1 heterocycles. The van der Waals surface area contributed by atoms with Gasteiger partial charge in [-0.15, -0.1) is 0 Å². The zero-order valence-electron chi connectivity index (χ0n) is 6.73. The normalized spacial score (nSPS) is 10.2. The van der Waals surface area contributed by atoms with E-state index in [0.29, 0.717) is 11.3 Å². The third kappa shape index (κ3) is 1.22. The number of phenolic OH excluding ortho intramolecular Hbond substituents is 2. The molecule has 4 heteroatoms. The van der Waals surface area contributed by atoms with Crippen molar-refractivity contribution in [3.05, 3.63) is 30.5 Å². The molecule has 1 aromatic carbocycles. The van der Waals surface area contributed by atoms with Crippen LogP contribution < -0.4 is 0 Å². The molecule has 0 saturated carbocycles. The number of hydrogen-bond acceptors (Lipinski definition) is 3. The number of nitrogens with zero attached hydrogens (tertiary/aromatic N) is 1. The summed E-state index contributed by atoms with van der Waals surface area (Å²) in [4.78, 5) is 0. The summed E-state index contributed by atoms with van der Waals surface area (Å²) in [6, 6.07) is 6.27. The Balaban J connectivity index is 2.64. The van der Waals surface area contributed by atoms with E-state index in [1.54, 1.807) is 18.3 Å². The lowest BCUT2D eigenvalue weighted by Crippen LogP contribution is -1.80. The Morgan fingerprint density at radius 3 is 2.31 bits per heavy atom. The number of rotatable bonds is 1. The Morgan fingerprint density at radius 2 is 1.77 bits per heavy atom. The highest BCUT2D eigenvalue weighted by Gasteiger charge is 2.09. The van der Waals surface area contributed by atoms with Crippen molar-refractivity contribution in [3.63, 3.8) is 0 Å². The fraction of sp³-hybridized carbons (Fsp3) is 0. The van der Waals surface area contributed by atoms with Crippen molar-refractivity contribution >= 4 is 0 Å². The molecule has 0 bridgehead atoms. The van der Waals surface area contributed by atoms with Gasteiger partial charge in [0.05, 0.1) is 11.3 Å². The fourth-order valence-corrected chi connectivity index (χ4v) is 1.20. The monoisotopic (exact) mass is 176 g/mol. The maximum absolute atomic E-state index is 9.46. The zero-order valence-corrected chi connectivity index (χ0v) is 6.73. The number of H-pyrrole nitrogens is 1. The number of phenols is 2. The van der Waals surface area contributed by atoms with Crippen molar-refractivity contribution in [1.29, 1.82) is 0 Å². The Labute approximate surface area is 74.5 Å². The van der Waals surface area contributed by atoms with Crippen LogP contribution in [-0.2, 0) is 0 Å². The maximum Gasteiger partial charge on any atom is 0.128 e. The molecule has 2 rings (SSSR count). The summed E-state index contributed by atoms with van der Waals surface area (Å²) in [5.41, 5.74) is 0.968. The van der Waals surface area contributed by atoms with E-state index in [-0.39, 0.29) is 11.5 Å². The summed E-state index contributed by atoms with van der Waals surface area (Å²) < 4.78 is 0. The third-order valence-electron chi connectivity index (χ3n) is 1.79. The molecule has 0 unspecified atom stereocenters.